The van der Waals surface area contributed by atoms with E-state index >= 15 is 0 Å². The number of sulfone groups is 1. The Hall–Kier alpha value is -3.10. The van der Waals surface area contributed by atoms with E-state index in [9.17, 15) is 13.2 Å². The van der Waals surface area contributed by atoms with Gasteiger partial charge >= 0.3 is 0 Å². The van der Waals surface area contributed by atoms with Crippen LogP contribution in [0.1, 0.15) is 48.3 Å². The van der Waals surface area contributed by atoms with Gasteiger partial charge in [-0.2, -0.15) is 0 Å². The number of carbonyl (C=O) groups is 1. The lowest BCUT2D eigenvalue weighted by atomic mass is 10.0. The molecule has 1 N–H and O–H groups in total. The van der Waals surface area contributed by atoms with Gasteiger partial charge in [-0.3, -0.25) is 9.69 Å². The molecule has 1 atom stereocenters. The second-order valence-electron chi connectivity index (χ2n) is 8.26. The lowest BCUT2D eigenvalue weighted by Crippen LogP contribution is -2.40. The van der Waals surface area contributed by atoms with E-state index in [2.05, 4.69) is 10.2 Å². The number of nitrogens with zero attached hydrogens (tertiary/aromatic N) is 1. The highest BCUT2D eigenvalue weighted by molar-refractivity contribution is 7.91. The van der Waals surface area contributed by atoms with Crippen molar-refractivity contribution < 1.29 is 22.4 Å². The zero-order chi connectivity index (χ0) is 24.0. The molecule has 4 rings (SSSR count). The predicted octanol–water partition coefficient (Wildman–Crippen LogP) is 4.47. The van der Waals surface area contributed by atoms with E-state index in [1.54, 1.807) is 18.2 Å². The Bertz CT molecular complexity index is 1180. The Balaban J connectivity index is 1.47. The van der Waals surface area contributed by atoms with Crippen molar-refractivity contribution in [2.45, 2.75) is 42.2 Å². The molecule has 180 valence electrons. The zero-order valence-corrected chi connectivity index (χ0v) is 20.1. The molecule has 1 saturated heterocycles. The number of rotatable bonds is 9. The van der Waals surface area contributed by atoms with Crippen LogP contribution in [0.3, 0.4) is 0 Å². The number of benzene rings is 2. The largest absolute Gasteiger partial charge is 0.494 e. The third kappa shape index (κ3) is 5.51. The van der Waals surface area contributed by atoms with Gasteiger partial charge in [0.2, 0.25) is 14.9 Å². The fraction of sp³-hybridized carbons (Fsp3) is 0.346. The molecule has 0 spiro atoms. The quantitative estimate of drug-likeness (QED) is 0.484. The maximum absolute atomic E-state index is 12.8. The Kier molecular flexibility index (Phi) is 7.70. The summed E-state index contributed by atoms with van der Waals surface area (Å²) in [6, 6.07) is 18.7. The van der Waals surface area contributed by atoms with Gasteiger partial charge in [0.1, 0.15) is 5.75 Å². The van der Waals surface area contributed by atoms with E-state index in [1.165, 1.54) is 30.7 Å². The minimum absolute atomic E-state index is 0.00223. The molecule has 0 radical (unpaired) electrons. The smallest absolute Gasteiger partial charge is 0.287 e. The van der Waals surface area contributed by atoms with Gasteiger partial charge in [0.05, 0.1) is 17.5 Å². The van der Waals surface area contributed by atoms with Crippen LogP contribution < -0.4 is 10.1 Å². The summed E-state index contributed by atoms with van der Waals surface area (Å²) in [4.78, 5) is 15.3. The van der Waals surface area contributed by atoms with Crippen molar-refractivity contribution in [1.29, 1.82) is 0 Å². The molecule has 0 aliphatic carbocycles. The Morgan fingerprint density at radius 3 is 2.38 bits per heavy atom. The number of ether oxygens (including phenoxy) is 1. The summed E-state index contributed by atoms with van der Waals surface area (Å²) in [7, 11) is -3.82. The van der Waals surface area contributed by atoms with Gasteiger partial charge in [-0.05, 0) is 74.8 Å². The predicted molar refractivity (Wildman–Crippen MR) is 129 cm³/mol. The first kappa shape index (κ1) is 24.0. The van der Waals surface area contributed by atoms with Gasteiger partial charge in [-0.15, -0.1) is 0 Å². The summed E-state index contributed by atoms with van der Waals surface area (Å²) < 4.78 is 36.5. The first-order valence-corrected chi connectivity index (χ1v) is 13.1. The second-order valence-corrected chi connectivity index (χ2v) is 10.1. The normalized spacial score (nSPS) is 15.6. The number of nitrogens with one attached hydrogen (secondary N) is 1. The van der Waals surface area contributed by atoms with Gasteiger partial charge in [0, 0.05) is 6.54 Å². The summed E-state index contributed by atoms with van der Waals surface area (Å²) in [6.07, 6.45) is 3.46. The van der Waals surface area contributed by atoms with Crippen LogP contribution in [0.5, 0.6) is 5.75 Å². The Morgan fingerprint density at radius 1 is 1.00 bits per heavy atom. The van der Waals surface area contributed by atoms with E-state index < -0.39 is 15.7 Å². The van der Waals surface area contributed by atoms with Gasteiger partial charge in [0.25, 0.3) is 5.91 Å². The molecular formula is C26H30N2O5S. The molecular weight excluding hydrogens is 452 g/mol. The summed E-state index contributed by atoms with van der Waals surface area (Å²) in [5.41, 5.74) is 1.09. The molecule has 1 amide bonds. The van der Waals surface area contributed by atoms with E-state index in [-0.39, 0.29) is 21.8 Å². The number of carbonyl (C=O) groups excluding carboxylic acids is 1. The molecule has 0 bridgehead atoms. The fourth-order valence-electron chi connectivity index (χ4n) is 4.22. The second kappa shape index (κ2) is 10.9. The standard InChI is InChI=1S/C26H30N2O5S/c1-2-32-21-13-11-20(12-14-21)23(28-17-7-4-8-18-28)19-27-26(29)24-15-16-25(33-24)34(30,31)22-9-5-3-6-10-22/h3,5-6,9-16,23H,2,4,7-8,17-19H2,1H3,(H,27,29). The molecule has 7 nitrogen and oxygen atoms in total. The monoisotopic (exact) mass is 482 g/mol. The third-order valence-electron chi connectivity index (χ3n) is 5.99. The number of hydrogen-bond acceptors (Lipinski definition) is 6. The number of piperidine rings is 1. The summed E-state index contributed by atoms with van der Waals surface area (Å²) >= 11 is 0. The summed E-state index contributed by atoms with van der Waals surface area (Å²) in [6.45, 7) is 4.87. The topological polar surface area (TPSA) is 88.8 Å². The molecule has 0 saturated carbocycles. The lowest BCUT2D eigenvalue weighted by molar-refractivity contribution is 0.0892. The minimum atomic E-state index is -3.82. The average Bonchev–Trinajstić information content (AvgIpc) is 3.38. The van der Waals surface area contributed by atoms with Gasteiger partial charge in [-0.25, -0.2) is 8.42 Å². The molecule has 34 heavy (non-hydrogen) atoms. The van der Waals surface area contributed by atoms with Crippen LogP contribution in [-0.4, -0.2) is 45.5 Å². The van der Waals surface area contributed by atoms with Crippen molar-refractivity contribution in [2.75, 3.05) is 26.2 Å². The fourth-order valence-corrected chi connectivity index (χ4v) is 5.41. The van der Waals surface area contributed by atoms with E-state index in [1.807, 2.05) is 31.2 Å². The summed E-state index contributed by atoms with van der Waals surface area (Å²) in [5.74, 6) is 0.344. The van der Waals surface area contributed by atoms with Crippen LogP contribution in [0.4, 0.5) is 0 Å². The van der Waals surface area contributed by atoms with Gasteiger partial charge in [-0.1, -0.05) is 36.8 Å². The van der Waals surface area contributed by atoms with Crippen LogP contribution in [0.15, 0.2) is 81.1 Å². The molecule has 2 heterocycles. The SMILES string of the molecule is CCOc1ccc(C(CNC(=O)c2ccc(S(=O)(=O)c3ccccc3)o2)N2CCCCC2)cc1. The molecule has 1 fully saturated rings. The third-order valence-corrected chi connectivity index (χ3v) is 7.63. The highest BCUT2D eigenvalue weighted by atomic mass is 32.2. The molecule has 1 aromatic heterocycles. The van der Waals surface area contributed by atoms with E-state index in [0.717, 1.165) is 37.2 Å². The van der Waals surface area contributed by atoms with Crippen molar-refractivity contribution in [1.82, 2.24) is 10.2 Å². The maximum Gasteiger partial charge on any atom is 0.287 e. The maximum atomic E-state index is 12.8. The van der Waals surface area contributed by atoms with Gasteiger partial charge < -0.3 is 14.5 Å². The number of amides is 1. The molecule has 2 aromatic carbocycles. The summed E-state index contributed by atoms with van der Waals surface area (Å²) in [5, 5.41) is 2.69. The van der Waals surface area contributed by atoms with Crippen LogP contribution in [0.2, 0.25) is 0 Å². The Labute approximate surface area is 200 Å². The lowest BCUT2D eigenvalue weighted by Gasteiger charge is -2.35. The van der Waals surface area contributed by atoms with Crippen molar-refractivity contribution in [3.8, 4) is 5.75 Å². The highest BCUT2D eigenvalue weighted by Gasteiger charge is 2.26. The highest BCUT2D eigenvalue weighted by Crippen LogP contribution is 2.27. The average molecular weight is 483 g/mol. The van der Waals surface area contributed by atoms with Gasteiger partial charge in [0.15, 0.2) is 5.76 Å². The number of likely N-dealkylation sites (tertiary alicyclic amines) is 1. The van der Waals surface area contributed by atoms with Crippen LogP contribution >= 0.6 is 0 Å². The minimum Gasteiger partial charge on any atom is -0.494 e. The molecule has 1 aliphatic rings. The molecule has 3 aromatic rings. The van der Waals surface area contributed by atoms with Crippen LogP contribution in [0, 0.1) is 0 Å². The zero-order valence-electron chi connectivity index (χ0n) is 19.3. The molecule has 8 heteroatoms. The van der Waals surface area contributed by atoms with E-state index in [0.29, 0.717) is 13.2 Å². The first-order chi connectivity index (χ1) is 16.5. The number of hydrogen-bond donors (Lipinski definition) is 1. The van der Waals surface area contributed by atoms with E-state index in [4.69, 9.17) is 9.15 Å². The van der Waals surface area contributed by atoms with Crippen molar-refractivity contribution in [3.05, 3.63) is 78.1 Å². The molecule has 1 aliphatic heterocycles. The van der Waals surface area contributed by atoms with Crippen molar-refractivity contribution in [2.24, 2.45) is 0 Å². The van der Waals surface area contributed by atoms with Crippen LogP contribution in [-0.2, 0) is 9.84 Å². The van der Waals surface area contributed by atoms with Crippen molar-refractivity contribution in [3.63, 3.8) is 0 Å². The first-order valence-electron chi connectivity index (χ1n) is 11.6. The number of furan rings is 1. The van der Waals surface area contributed by atoms with Crippen molar-refractivity contribution >= 4 is 15.7 Å². The molecule has 1 unspecified atom stereocenters. The van der Waals surface area contributed by atoms with Crippen LogP contribution in [0.25, 0.3) is 0 Å². The Morgan fingerprint density at radius 2 is 1.71 bits per heavy atom.